The minimum atomic E-state index is 0.0452. The number of rotatable bonds is 5. The molecule has 2 unspecified atom stereocenters. The van der Waals surface area contributed by atoms with E-state index in [1.165, 1.54) is 0 Å². The minimum Gasteiger partial charge on any atom is -0.374 e. The molecule has 1 aliphatic heterocycles. The van der Waals surface area contributed by atoms with E-state index in [1.807, 2.05) is 18.2 Å². The predicted octanol–water partition coefficient (Wildman–Crippen LogP) is 2.48. The van der Waals surface area contributed by atoms with Crippen molar-refractivity contribution in [1.29, 1.82) is 0 Å². The number of benzene rings is 1. The Kier molecular flexibility index (Phi) is 6.29. The molecule has 1 heterocycles. The molecule has 2 rings (SSSR count). The molecule has 0 amide bonds. The molecule has 0 spiro atoms. The summed E-state index contributed by atoms with van der Waals surface area (Å²) in [6, 6.07) is 6.23. The lowest BCUT2D eigenvalue weighted by Gasteiger charge is -2.38. The lowest BCUT2D eigenvalue weighted by Crippen LogP contribution is -2.56. The molecule has 21 heavy (non-hydrogen) atoms. The molecule has 118 valence electrons. The van der Waals surface area contributed by atoms with Crippen LogP contribution in [0.3, 0.4) is 0 Å². The Hall–Kier alpha value is -0.360. The maximum absolute atomic E-state index is 6.07. The van der Waals surface area contributed by atoms with Gasteiger partial charge in [0.25, 0.3) is 0 Å². The number of morpholine rings is 1. The summed E-state index contributed by atoms with van der Waals surface area (Å²) in [7, 11) is 0. The molecular formula is C15H23Cl2N3O. The third-order valence-corrected chi connectivity index (χ3v) is 4.70. The number of hydrogen-bond acceptors (Lipinski definition) is 4. The summed E-state index contributed by atoms with van der Waals surface area (Å²) in [5.41, 5.74) is 3.98. The SMILES string of the molecule is CC(C)N1CCOC(C(Cc2ccc(Cl)c(Cl)c2)NN)C1. The molecule has 6 heteroatoms. The first kappa shape index (κ1) is 17.0. The molecule has 1 saturated heterocycles. The fraction of sp³-hybridized carbons (Fsp3) is 0.600. The number of nitrogens with zero attached hydrogens (tertiary/aromatic N) is 1. The molecule has 0 radical (unpaired) electrons. The molecule has 0 saturated carbocycles. The van der Waals surface area contributed by atoms with Crippen LogP contribution in [0, 0.1) is 0 Å². The summed E-state index contributed by atoms with van der Waals surface area (Å²) in [5, 5.41) is 1.14. The first-order chi connectivity index (χ1) is 10.0. The Bertz CT molecular complexity index is 470. The van der Waals surface area contributed by atoms with Gasteiger partial charge in [-0.15, -0.1) is 0 Å². The first-order valence-corrected chi connectivity index (χ1v) is 8.02. The molecule has 3 N–H and O–H groups in total. The van der Waals surface area contributed by atoms with Gasteiger partial charge in [0.1, 0.15) is 0 Å². The van der Waals surface area contributed by atoms with E-state index in [-0.39, 0.29) is 12.1 Å². The van der Waals surface area contributed by atoms with Crippen molar-refractivity contribution < 1.29 is 4.74 Å². The topological polar surface area (TPSA) is 50.5 Å². The van der Waals surface area contributed by atoms with Crippen LogP contribution in [0.25, 0.3) is 0 Å². The second-order valence-electron chi connectivity index (χ2n) is 5.72. The molecule has 0 aliphatic carbocycles. The Morgan fingerprint density at radius 1 is 1.38 bits per heavy atom. The Labute approximate surface area is 136 Å². The lowest BCUT2D eigenvalue weighted by atomic mass is 10.00. The monoisotopic (exact) mass is 331 g/mol. The van der Waals surface area contributed by atoms with E-state index in [4.69, 9.17) is 33.8 Å². The van der Waals surface area contributed by atoms with Gasteiger partial charge in [-0.3, -0.25) is 16.2 Å². The van der Waals surface area contributed by atoms with E-state index in [0.717, 1.165) is 31.7 Å². The molecule has 1 aromatic carbocycles. The maximum atomic E-state index is 6.07. The minimum absolute atomic E-state index is 0.0452. The third kappa shape index (κ3) is 4.55. The van der Waals surface area contributed by atoms with Crippen molar-refractivity contribution >= 4 is 23.2 Å². The molecule has 1 aliphatic rings. The summed E-state index contributed by atoms with van der Waals surface area (Å²) >= 11 is 12.0. The molecule has 4 nitrogen and oxygen atoms in total. The largest absolute Gasteiger partial charge is 0.374 e. The average molecular weight is 332 g/mol. The van der Waals surface area contributed by atoms with E-state index >= 15 is 0 Å². The zero-order valence-corrected chi connectivity index (χ0v) is 14.0. The molecule has 0 bridgehead atoms. The van der Waals surface area contributed by atoms with Crippen LogP contribution in [0.2, 0.25) is 10.0 Å². The van der Waals surface area contributed by atoms with Crippen molar-refractivity contribution in [3.05, 3.63) is 33.8 Å². The molecule has 1 fully saturated rings. The van der Waals surface area contributed by atoms with Crippen LogP contribution >= 0.6 is 23.2 Å². The van der Waals surface area contributed by atoms with E-state index in [1.54, 1.807) is 0 Å². The fourth-order valence-electron chi connectivity index (χ4n) is 2.63. The summed E-state index contributed by atoms with van der Waals surface area (Å²) in [6.45, 7) is 6.99. The van der Waals surface area contributed by atoms with Crippen LogP contribution in [-0.2, 0) is 11.2 Å². The first-order valence-electron chi connectivity index (χ1n) is 7.27. The van der Waals surface area contributed by atoms with Crippen molar-refractivity contribution in [3.63, 3.8) is 0 Å². The highest BCUT2D eigenvalue weighted by atomic mass is 35.5. The van der Waals surface area contributed by atoms with Gasteiger partial charge < -0.3 is 4.74 Å². The maximum Gasteiger partial charge on any atom is 0.0872 e. The smallest absolute Gasteiger partial charge is 0.0872 e. The van der Waals surface area contributed by atoms with E-state index < -0.39 is 0 Å². The zero-order chi connectivity index (χ0) is 15.4. The van der Waals surface area contributed by atoms with Crippen LogP contribution in [0.5, 0.6) is 0 Å². The highest BCUT2D eigenvalue weighted by Crippen LogP contribution is 2.24. The Morgan fingerprint density at radius 3 is 2.76 bits per heavy atom. The van der Waals surface area contributed by atoms with Crippen LogP contribution in [0.15, 0.2) is 18.2 Å². The van der Waals surface area contributed by atoms with Gasteiger partial charge in [0, 0.05) is 19.1 Å². The molecular weight excluding hydrogens is 309 g/mol. The average Bonchev–Trinajstić information content (AvgIpc) is 2.48. The van der Waals surface area contributed by atoms with Gasteiger partial charge in [0.05, 0.1) is 28.8 Å². The normalized spacial score (nSPS) is 21.7. The van der Waals surface area contributed by atoms with Crippen LogP contribution in [-0.4, -0.2) is 42.8 Å². The number of nitrogens with one attached hydrogen (secondary N) is 1. The van der Waals surface area contributed by atoms with Crippen molar-refractivity contribution in [3.8, 4) is 0 Å². The number of halogens is 2. The van der Waals surface area contributed by atoms with Crippen LogP contribution in [0.4, 0.5) is 0 Å². The van der Waals surface area contributed by atoms with Gasteiger partial charge in [-0.25, -0.2) is 0 Å². The number of ether oxygens (including phenoxy) is 1. The Balaban J connectivity index is 2.03. The van der Waals surface area contributed by atoms with E-state index in [0.29, 0.717) is 16.1 Å². The van der Waals surface area contributed by atoms with Crippen molar-refractivity contribution in [2.45, 2.75) is 38.5 Å². The molecule has 2 atom stereocenters. The molecule has 1 aromatic rings. The van der Waals surface area contributed by atoms with Crippen molar-refractivity contribution in [2.75, 3.05) is 19.7 Å². The van der Waals surface area contributed by atoms with Crippen molar-refractivity contribution in [1.82, 2.24) is 10.3 Å². The predicted molar refractivity (Wildman–Crippen MR) is 87.7 cm³/mol. The number of nitrogens with two attached hydrogens (primary N) is 1. The van der Waals surface area contributed by atoms with Gasteiger partial charge in [-0.1, -0.05) is 29.3 Å². The fourth-order valence-corrected chi connectivity index (χ4v) is 2.95. The quantitative estimate of drug-likeness (QED) is 0.642. The second-order valence-corrected chi connectivity index (χ2v) is 6.54. The van der Waals surface area contributed by atoms with Gasteiger partial charge >= 0.3 is 0 Å². The summed E-state index contributed by atoms with van der Waals surface area (Å²) < 4.78 is 5.89. The van der Waals surface area contributed by atoms with Crippen LogP contribution in [0.1, 0.15) is 19.4 Å². The van der Waals surface area contributed by atoms with Gasteiger partial charge in [-0.2, -0.15) is 0 Å². The van der Waals surface area contributed by atoms with E-state index in [2.05, 4.69) is 24.2 Å². The number of hydrazine groups is 1. The summed E-state index contributed by atoms with van der Waals surface area (Å²) in [4.78, 5) is 2.41. The summed E-state index contributed by atoms with van der Waals surface area (Å²) in [5.74, 6) is 5.73. The number of hydrogen-bond donors (Lipinski definition) is 2. The molecule has 0 aromatic heterocycles. The standard InChI is InChI=1S/C15H23Cl2N3O/c1-10(2)20-5-6-21-15(9-20)14(19-18)8-11-3-4-12(16)13(17)7-11/h3-4,7,10,14-15,19H,5-6,8-9,18H2,1-2H3. The summed E-state index contributed by atoms with van der Waals surface area (Å²) in [6.07, 6.45) is 0.824. The van der Waals surface area contributed by atoms with Gasteiger partial charge in [0.15, 0.2) is 0 Å². The lowest BCUT2D eigenvalue weighted by molar-refractivity contribution is -0.0552. The third-order valence-electron chi connectivity index (χ3n) is 3.96. The zero-order valence-electron chi connectivity index (χ0n) is 12.5. The van der Waals surface area contributed by atoms with Gasteiger partial charge in [-0.05, 0) is 38.0 Å². The van der Waals surface area contributed by atoms with Gasteiger partial charge in [0.2, 0.25) is 0 Å². The highest BCUT2D eigenvalue weighted by Gasteiger charge is 2.28. The van der Waals surface area contributed by atoms with E-state index in [9.17, 15) is 0 Å². The van der Waals surface area contributed by atoms with Crippen molar-refractivity contribution in [2.24, 2.45) is 5.84 Å². The van der Waals surface area contributed by atoms with Crippen LogP contribution < -0.4 is 11.3 Å². The second kappa shape index (κ2) is 7.77. The Morgan fingerprint density at radius 2 is 2.14 bits per heavy atom. The highest BCUT2D eigenvalue weighted by molar-refractivity contribution is 6.42.